The maximum absolute atomic E-state index is 12.2. The van der Waals surface area contributed by atoms with E-state index in [1.165, 1.54) is 19.3 Å². The van der Waals surface area contributed by atoms with Gasteiger partial charge in [0.25, 0.3) is 0 Å². The molecule has 0 aliphatic carbocycles. The number of rotatable bonds is 9. The molecule has 0 spiro atoms. The van der Waals surface area contributed by atoms with E-state index in [0.717, 1.165) is 51.8 Å². The SMILES string of the molecule is Cc1cc(-c2ccc(NC(=O)CCCCCCCBr)c(C)c2)ccc1N. The predicted molar refractivity (Wildman–Crippen MR) is 116 cm³/mol. The number of nitrogens with one attached hydrogen (secondary N) is 1. The van der Waals surface area contributed by atoms with Crippen molar-refractivity contribution in [3.05, 3.63) is 47.5 Å². The molecule has 0 aromatic heterocycles. The van der Waals surface area contributed by atoms with Gasteiger partial charge in [-0.15, -0.1) is 0 Å². The highest BCUT2D eigenvalue weighted by Crippen LogP contribution is 2.27. The largest absolute Gasteiger partial charge is 0.399 e. The molecule has 0 heterocycles. The molecule has 0 atom stereocenters. The Kier molecular flexibility index (Phi) is 8.17. The topological polar surface area (TPSA) is 55.1 Å². The number of aryl methyl sites for hydroxylation is 2. The van der Waals surface area contributed by atoms with E-state index in [4.69, 9.17) is 5.73 Å². The number of carbonyl (C=O) groups excluding carboxylic acids is 1. The quantitative estimate of drug-likeness (QED) is 0.289. The van der Waals surface area contributed by atoms with Gasteiger partial charge < -0.3 is 11.1 Å². The molecule has 0 radical (unpaired) electrons. The van der Waals surface area contributed by atoms with Crippen LogP contribution in [-0.4, -0.2) is 11.2 Å². The number of benzene rings is 2. The van der Waals surface area contributed by atoms with Gasteiger partial charge in [0.15, 0.2) is 0 Å². The van der Waals surface area contributed by atoms with E-state index in [1.807, 2.05) is 38.1 Å². The third kappa shape index (κ3) is 6.17. The first-order valence-corrected chi connectivity index (χ1v) is 10.5. The fraction of sp³-hybridized carbons (Fsp3) is 0.409. The molecule has 0 saturated heterocycles. The smallest absolute Gasteiger partial charge is 0.224 e. The van der Waals surface area contributed by atoms with Crippen LogP contribution in [0.2, 0.25) is 0 Å². The molecule has 26 heavy (non-hydrogen) atoms. The summed E-state index contributed by atoms with van der Waals surface area (Å²) in [6.07, 6.45) is 6.31. The van der Waals surface area contributed by atoms with Crippen LogP contribution in [0.15, 0.2) is 36.4 Å². The number of alkyl halides is 1. The zero-order chi connectivity index (χ0) is 18.9. The van der Waals surface area contributed by atoms with Crippen LogP contribution in [0, 0.1) is 13.8 Å². The molecule has 0 unspecified atom stereocenters. The number of amides is 1. The highest BCUT2D eigenvalue weighted by atomic mass is 79.9. The van der Waals surface area contributed by atoms with Crippen molar-refractivity contribution in [3.8, 4) is 11.1 Å². The average Bonchev–Trinajstić information content (AvgIpc) is 2.62. The molecule has 0 bridgehead atoms. The van der Waals surface area contributed by atoms with E-state index in [0.29, 0.717) is 6.42 Å². The van der Waals surface area contributed by atoms with Crippen LogP contribution < -0.4 is 11.1 Å². The molecule has 0 saturated carbocycles. The summed E-state index contributed by atoms with van der Waals surface area (Å²) in [6, 6.07) is 12.2. The lowest BCUT2D eigenvalue weighted by atomic mass is 10.00. The monoisotopic (exact) mass is 416 g/mol. The predicted octanol–water partition coefficient (Wildman–Crippen LogP) is 6.23. The van der Waals surface area contributed by atoms with Gasteiger partial charge in [-0.25, -0.2) is 0 Å². The summed E-state index contributed by atoms with van der Waals surface area (Å²) in [5.74, 6) is 0.102. The van der Waals surface area contributed by atoms with E-state index in [-0.39, 0.29) is 5.91 Å². The molecular formula is C22H29BrN2O. The highest BCUT2D eigenvalue weighted by molar-refractivity contribution is 9.09. The van der Waals surface area contributed by atoms with Crippen molar-refractivity contribution in [2.45, 2.75) is 52.4 Å². The summed E-state index contributed by atoms with van der Waals surface area (Å²) in [6.45, 7) is 4.05. The minimum Gasteiger partial charge on any atom is -0.399 e. The lowest BCUT2D eigenvalue weighted by Gasteiger charge is -2.11. The van der Waals surface area contributed by atoms with Crippen LogP contribution in [0.3, 0.4) is 0 Å². The Morgan fingerprint density at radius 1 is 0.923 bits per heavy atom. The van der Waals surface area contributed by atoms with Gasteiger partial charge >= 0.3 is 0 Å². The Morgan fingerprint density at radius 3 is 2.19 bits per heavy atom. The zero-order valence-corrected chi connectivity index (χ0v) is 17.4. The molecule has 0 fully saturated rings. The van der Waals surface area contributed by atoms with Crippen molar-refractivity contribution < 1.29 is 4.79 Å². The summed E-state index contributed by atoms with van der Waals surface area (Å²) >= 11 is 3.44. The Hall–Kier alpha value is -1.81. The zero-order valence-electron chi connectivity index (χ0n) is 15.8. The number of anilines is 2. The Bertz CT molecular complexity index is 743. The molecule has 3 nitrogen and oxygen atoms in total. The van der Waals surface area contributed by atoms with Gasteiger partial charge in [-0.05, 0) is 73.2 Å². The second-order valence-electron chi connectivity index (χ2n) is 6.86. The lowest BCUT2D eigenvalue weighted by molar-refractivity contribution is -0.116. The standard InChI is InChI=1S/C22H29BrN2O/c1-16-14-18(9-11-20(16)24)19-10-12-21(17(2)15-19)25-22(26)8-6-4-3-5-7-13-23/h9-12,14-15H,3-8,13,24H2,1-2H3,(H,25,26). The normalized spacial score (nSPS) is 10.7. The van der Waals surface area contributed by atoms with Crippen molar-refractivity contribution >= 4 is 33.2 Å². The van der Waals surface area contributed by atoms with Crippen molar-refractivity contribution in [2.75, 3.05) is 16.4 Å². The fourth-order valence-corrected chi connectivity index (χ4v) is 3.36. The first kappa shape index (κ1) is 20.5. The minimum atomic E-state index is 0.102. The summed E-state index contributed by atoms with van der Waals surface area (Å²) in [5, 5.41) is 4.11. The Labute approximate surface area is 165 Å². The maximum atomic E-state index is 12.2. The number of halogens is 1. The second-order valence-corrected chi connectivity index (χ2v) is 7.65. The number of carbonyl (C=O) groups is 1. The van der Waals surface area contributed by atoms with Crippen LogP contribution in [0.25, 0.3) is 11.1 Å². The molecule has 1 amide bonds. The molecule has 0 aliphatic heterocycles. The molecule has 2 aromatic carbocycles. The Morgan fingerprint density at radius 2 is 1.54 bits per heavy atom. The van der Waals surface area contributed by atoms with Gasteiger partial charge in [0.1, 0.15) is 0 Å². The lowest BCUT2D eigenvalue weighted by Crippen LogP contribution is -2.12. The van der Waals surface area contributed by atoms with Crippen LogP contribution in [0.1, 0.15) is 49.7 Å². The molecule has 0 aliphatic rings. The minimum absolute atomic E-state index is 0.102. The second kappa shape index (κ2) is 10.4. The summed E-state index contributed by atoms with van der Waals surface area (Å²) in [5.41, 5.74) is 12.0. The third-order valence-corrected chi connectivity index (χ3v) is 5.20. The third-order valence-electron chi connectivity index (χ3n) is 4.64. The molecule has 2 rings (SSSR count). The first-order valence-electron chi connectivity index (χ1n) is 9.34. The van der Waals surface area contributed by atoms with Crippen LogP contribution in [-0.2, 0) is 4.79 Å². The number of unbranched alkanes of at least 4 members (excludes halogenated alkanes) is 4. The summed E-state index contributed by atoms with van der Waals surface area (Å²) in [7, 11) is 0. The van der Waals surface area contributed by atoms with Gasteiger partial charge in [0.05, 0.1) is 0 Å². The van der Waals surface area contributed by atoms with Crippen molar-refractivity contribution in [2.24, 2.45) is 0 Å². The molecule has 2 aromatic rings. The van der Waals surface area contributed by atoms with Gasteiger partial charge in [0, 0.05) is 23.1 Å². The molecule has 140 valence electrons. The van der Waals surface area contributed by atoms with E-state index < -0.39 is 0 Å². The van der Waals surface area contributed by atoms with Gasteiger partial charge in [0.2, 0.25) is 5.91 Å². The number of nitrogen functional groups attached to an aromatic ring is 1. The van der Waals surface area contributed by atoms with Gasteiger partial charge in [-0.2, -0.15) is 0 Å². The van der Waals surface area contributed by atoms with Crippen LogP contribution in [0.5, 0.6) is 0 Å². The highest BCUT2D eigenvalue weighted by Gasteiger charge is 2.07. The summed E-state index contributed by atoms with van der Waals surface area (Å²) in [4.78, 5) is 12.2. The van der Waals surface area contributed by atoms with E-state index in [9.17, 15) is 4.79 Å². The first-order chi connectivity index (χ1) is 12.5. The fourth-order valence-electron chi connectivity index (χ4n) is 2.96. The van der Waals surface area contributed by atoms with Crippen molar-refractivity contribution in [3.63, 3.8) is 0 Å². The molecule has 3 N–H and O–H groups in total. The van der Waals surface area contributed by atoms with Crippen molar-refractivity contribution in [1.29, 1.82) is 0 Å². The maximum Gasteiger partial charge on any atom is 0.224 e. The Balaban J connectivity index is 1.90. The van der Waals surface area contributed by atoms with Crippen molar-refractivity contribution in [1.82, 2.24) is 0 Å². The summed E-state index contributed by atoms with van der Waals surface area (Å²) < 4.78 is 0. The number of nitrogens with two attached hydrogens (primary N) is 1. The van der Waals surface area contributed by atoms with Crippen LogP contribution in [0.4, 0.5) is 11.4 Å². The molecular weight excluding hydrogens is 388 g/mol. The van der Waals surface area contributed by atoms with Gasteiger partial charge in [-0.1, -0.05) is 47.3 Å². The van der Waals surface area contributed by atoms with E-state index >= 15 is 0 Å². The van der Waals surface area contributed by atoms with E-state index in [1.54, 1.807) is 0 Å². The molecule has 4 heteroatoms. The number of hydrogen-bond donors (Lipinski definition) is 2. The van der Waals surface area contributed by atoms with E-state index in [2.05, 4.69) is 33.4 Å². The average molecular weight is 417 g/mol. The number of hydrogen-bond acceptors (Lipinski definition) is 2. The van der Waals surface area contributed by atoms with Gasteiger partial charge in [-0.3, -0.25) is 4.79 Å². The van der Waals surface area contributed by atoms with Crippen LogP contribution >= 0.6 is 15.9 Å².